The number of hydrogen-bond acceptors (Lipinski definition) is 2. The maximum atomic E-state index is 12.0. The molecule has 0 bridgehead atoms. The molecule has 106 valence electrons. The van der Waals surface area contributed by atoms with Crippen LogP contribution >= 0.6 is 0 Å². The summed E-state index contributed by atoms with van der Waals surface area (Å²) >= 11 is 0. The fourth-order valence-electron chi connectivity index (χ4n) is 3.04. The molecule has 1 aliphatic rings. The first-order chi connectivity index (χ1) is 8.43. The van der Waals surface area contributed by atoms with E-state index < -0.39 is 0 Å². The minimum Gasteiger partial charge on any atom is -0.305 e. The van der Waals surface area contributed by atoms with E-state index in [1.165, 1.54) is 6.42 Å². The first-order valence-corrected chi connectivity index (χ1v) is 7.65. The van der Waals surface area contributed by atoms with E-state index in [1.807, 2.05) is 0 Å². The summed E-state index contributed by atoms with van der Waals surface area (Å²) in [5, 5.41) is 0. The summed E-state index contributed by atoms with van der Waals surface area (Å²) in [5.41, 5.74) is 0. The molecule has 0 spiro atoms. The molecule has 0 radical (unpaired) electrons. The van der Waals surface area contributed by atoms with Crippen molar-refractivity contribution in [1.82, 2.24) is 4.90 Å². The number of Topliss-reactive ketones (excluding diaryl/α,β-unsaturated/α-hetero) is 1. The Balaban J connectivity index is 2.45. The summed E-state index contributed by atoms with van der Waals surface area (Å²) in [5.74, 6) is 3.00. The van der Waals surface area contributed by atoms with Gasteiger partial charge in [0.25, 0.3) is 0 Å². The number of rotatable bonds is 6. The van der Waals surface area contributed by atoms with Crippen molar-refractivity contribution in [2.24, 2.45) is 23.7 Å². The van der Waals surface area contributed by atoms with Gasteiger partial charge in [0, 0.05) is 25.4 Å². The Bertz CT molecular complexity index is 262. The zero-order chi connectivity index (χ0) is 13.7. The minimum absolute atomic E-state index is 0.292. The molecule has 0 aromatic carbocycles. The second-order valence-electron chi connectivity index (χ2n) is 6.68. The Hall–Kier alpha value is -0.370. The highest BCUT2D eigenvalue weighted by atomic mass is 16.1. The molecule has 3 atom stereocenters. The van der Waals surface area contributed by atoms with Gasteiger partial charge < -0.3 is 4.90 Å². The largest absolute Gasteiger partial charge is 0.305 e. The average Bonchev–Trinajstić information content (AvgIpc) is 2.31. The van der Waals surface area contributed by atoms with E-state index in [1.54, 1.807) is 0 Å². The molecular formula is C16H31NO. The smallest absolute Gasteiger partial charge is 0.137 e. The number of nitrogens with zero attached hydrogens (tertiary/aromatic N) is 1. The lowest BCUT2D eigenvalue weighted by Gasteiger charge is -2.33. The summed E-state index contributed by atoms with van der Waals surface area (Å²) in [4.78, 5) is 14.4. The van der Waals surface area contributed by atoms with Gasteiger partial charge in [-0.2, -0.15) is 0 Å². The lowest BCUT2D eigenvalue weighted by molar-refractivity contribution is -0.126. The normalized spacial score (nSPS) is 26.9. The van der Waals surface area contributed by atoms with Gasteiger partial charge in [0.2, 0.25) is 0 Å². The van der Waals surface area contributed by atoms with Crippen molar-refractivity contribution in [1.29, 1.82) is 0 Å². The van der Waals surface area contributed by atoms with Gasteiger partial charge in [-0.1, -0.05) is 34.1 Å². The molecule has 3 unspecified atom stereocenters. The number of carbonyl (C=O) groups is 1. The van der Waals surface area contributed by atoms with Crippen molar-refractivity contribution < 1.29 is 4.79 Å². The fourth-order valence-corrected chi connectivity index (χ4v) is 3.04. The van der Waals surface area contributed by atoms with Gasteiger partial charge in [0.05, 0.1) is 0 Å². The van der Waals surface area contributed by atoms with Gasteiger partial charge >= 0.3 is 0 Å². The number of carbonyl (C=O) groups excluding carboxylic acids is 1. The summed E-state index contributed by atoms with van der Waals surface area (Å²) in [6.45, 7) is 11.2. The number of ketones is 1. The maximum Gasteiger partial charge on any atom is 0.137 e. The summed E-state index contributed by atoms with van der Waals surface area (Å²) in [6.07, 6.45) is 4.26. The van der Waals surface area contributed by atoms with E-state index >= 15 is 0 Å². The van der Waals surface area contributed by atoms with E-state index in [9.17, 15) is 4.79 Å². The third-order valence-corrected chi connectivity index (χ3v) is 4.60. The molecule has 0 heterocycles. The highest BCUT2D eigenvalue weighted by Gasteiger charge is 2.30. The van der Waals surface area contributed by atoms with Gasteiger partial charge in [-0.25, -0.2) is 0 Å². The number of hydrogen-bond donors (Lipinski definition) is 0. The van der Waals surface area contributed by atoms with Gasteiger partial charge in [0.15, 0.2) is 0 Å². The topological polar surface area (TPSA) is 20.3 Å². The van der Waals surface area contributed by atoms with Crippen LogP contribution in [0, 0.1) is 23.7 Å². The van der Waals surface area contributed by atoms with E-state index in [0.717, 1.165) is 50.1 Å². The molecule has 1 rings (SSSR count). The van der Waals surface area contributed by atoms with Crippen molar-refractivity contribution >= 4 is 5.78 Å². The molecule has 2 nitrogen and oxygen atoms in total. The van der Waals surface area contributed by atoms with Crippen LogP contribution in [0.4, 0.5) is 0 Å². The Morgan fingerprint density at radius 1 is 1.33 bits per heavy atom. The highest BCUT2D eigenvalue weighted by molar-refractivity contribution is 5.81. The zero-order valence-corrected chi connectivity index (χ0v) is 12.9. The quantitative estimate of drug-likeness (QED) is 0.721. The molecular weight excluding hydrogens is 222 g/mol. The van der Waals surface area contributed by atoms with Gasteiger partial charge in [-0.3, -0.25) is 4.79 Å². The molecule has 1 aliphatic carbocycles. The Morgan fingerprint density at radius 2 is 2.00 bits per heavy atom. The predicted molar refractivity (Wildman–Crippen MR) is 77.6 cm³/mol. The van der Waals surface area contributed by atoms with Crippen molar-refractivity contribution in [2.75, 3.05) is 20.1 Å². The van der Waals surface area contributed by atoms with Crippen LogP contribution in [0.5, 0.6) is 0 Å². The van der Waals surface area contributed by atoms with Crippen LogP contribution in [0.1, 0.15) is 53.4 Å². The molecule has 0 N–H and O–H groups in total. The second kappa shape index (κ2) is 7.28. The second-order valence-corrected chi connectivity index (χ2v) is 6.68. The van der Waals surface area contributed by atoms with Gasteiger partial charge in [0.1, 0.15) is 5.78 Å². The van der Waals surface area contributed by atoms with E-state index in [0.29, 0.717) is 11.7 Å². The minimum atomic E-state index is 0.292. The molecule has 1 fully saturated rings. The molecule has 2 heteroatoms. The summed E-state index contributed by atoms with van der Waals surface area (Å²) in [7, 11) is 2.17. The SMILES string of the molecule is CCC(C)CN(C)CC1CC(C(C)C)CCC1=O. The molecule has 0 amide bonds. The molecule has 0 aromatic heterocycles. The standard InChI is InChI=1S/C16H31NO/c1-6-13(4)10-17(5)11-15-9-14(12(2)3)7-8-16(15)18/h12-15H,6-11H2,1-5H3. The van der Waals surface area contributed by atoms with Crippen LogP contribution in [0.15, 0.2) is 0 Å². The highest BCUT2D eigenvalue weighted by Crippen LogP contribution is 2.32. The van der Waals surface area contributed by atoms with E-state index in [-0.39, 0.29) is 0 Å². The van der Waals surface area contributed by atoms with Crippen LogP contribution in [-0.4, -0.2) is 30.8 Å². The van der Waals surface area contributed by atoms with Crippen molar-refractivity contribution in [3.63, 3.8) is 0 Å². The van der Waals surface area contributed by atoms with Crippen molar-refractivity contribution in [2.45, 2.75) is 53.4 Å². The van der Waals surface area contributed by atoms with Crippen LogP contribution in [-0.2, 0) is 4.79 Å². The summed E-state index contributed by atoms with van der Waals surface area (Å²) in [6, 6.07) is 0. The van der Waals surface area contributed by atoms with Crippen LogP contribution in [0.2, 0.25) is 0 Å². The van der Waals surface area contributed by atoms with E-state index in [2.05, 4.69) is 39.6 Å². The maximum absolute atomic E-state index is 12.0. The van der Waals surface area contributed by atoms with Crippen LogP contribution in [0.25, 0.3) is 0 Å². The van der Waals surface area contributed by atoms with Gasteiger partial charge in [-0.05, 0) is 37.6 Å². The third-order valence-electron chi connectivity index (χ3n) is 4.60. The first-order valence-electron chi connectivity index (χ1n) is 7.65. The molecule has 18 heavy (non-hydrogen) atoms. The molecule has 1 saturated carbocycles. The Morgan fingerprint density at radius 3 is 2.56 bits per heavy atom. The van der Waals surface area contributed by atoms with Crippen LogP contribution < -0.4 is 0 Å². The summed E-state index contributed by atoms with van der Waals surface area (Å²) < 4.78 is 0. The average molecular weight is 253 g/mol. The Kier molecular flexibility index (Phi) is 6.34. The monoisotopic (exact) mass is 253 g/mol. The molecule has 0 aliphatic heterocycles. The molecule has 0 aromatic rings. The predicted octanol–water partition coefficient (Wildman–Crippen LogP) is 3.61. The van der Waals surface area contributed by atoms with Crippen molar-refractivity contribution in [3.05, 3.63) is 0 Å². The van der Waals surface area contributed by atoms with Crippen LogP contribution in [0.3, 0.4) is 0 Å². The van der Waals surface area contributed by atoms with Gasteiger partial charge in [-0.15, -0.1) is 0 Å². The molecule has 0 saturated heterocycles. The van der Waals surface area contributed by atoms with Crippen molar-refractivity contribution in [3.8, 4) is 0 Å². The third kappa shape index (κ3) is 4.72. The lowest BCUT2D eigenvalue weighted by atomic mass is 9.75. The van der Waals surface area contributed by atoms with E-state index in [4.69, 9.17) is 0 Å². The zero-order valence-electron chi connectivity index (χ0n) is 12.9. The Labute approximate surface area is 113 Å². The lowest BCUT2D eigenvalue weighted by Crippen LogP contribution is -2.37. The fraction of sp³-hybridized carbons (Fsp3) is 0.938. The first kappa shape index (κ1) is 15.7.